The molecule has 0 amide bonds. The highest BCUT2D eigenvalue weighted by Gasteiger charge is 2.20. The van der Waals surface area contributed by atoms with Gasteiger partial charge in [-0.05, 0) is 41.3 Å². The third kappa shape index (κ3) is 4.76. The fraction of sp³-hybridized carbons (Fsp3) is 0. The van der Waals surface area contributed by atoms with Gasteiger partial charge in [-0.25, -0.2) is 15.0 Å². The van der Waals surface area contributed by atoms with Crippen molar-refractivity contribution in [1.82, 2.24) is 19.5 Å². The maximum absolute atomic E-state index is 6.49. The quantitative estimate of drug-likeness (QED) is 0.180. The molecular weight excluding hydrogens is 661 g/mol. The molecule has 5 nitrogen and oxygen atoms in total. The molecule has 0 spiro atoms. The number of benzene rings is 8. The van der Waals surface area contributed by atoms with Gasteiger partial charge >= 0.3 is 0 Å². The number of para-hydroxylation sites is 3. The van der Waals surface area contributed by atoms with Gasteiger partial charge in [0.05, 0.1) is 16.7 Å². The predicted octanol–water partition coefficient (Wildman–Crippen LogP) is 12.7. The fourth-order valence-electron chi connectivity index (χ4n) is 7.97. The lowest BCUT2D eigenvalue weighted by atomic mass is 10.0. The molecule has 0 N–H and O–H groups in total. The molecule has 0 saturated carbocycles. The van der Waals surface area contributed by atoms with Crippen LogP contribution in [0.25, 0.3) is 105 Å². The van der Waals surface area contributed by atoms with E-state index in [1.807, 2.05) is 72.8 Å². The monoisotopic (exact) mass is 690 g/mol. The Labute approximate surface area is 310 Å². The van der Waals surface area contributed by atoms with Crippen LogP contribution in [0.5, 0.6) is 0 Å². The van der Waals surface area contributed by atoms with Gasteiger partial charge in [0, 0.05) is 49.2 Å². The Kier molecular flexibility index (Phi) is 6.79. The summed E-state index contributed by atoms with van der Waals surface area (Å²) in [4.78, 5) is 15.1. The summed E-state index contributed by atoms with van der Waals surface area (Å²) < 4.78 is 8.89. The topological polar surface area (TPSA) is 56.7 Å². The summed E-state index contributed by atoms with van der Waals surface area (Å²) in [7, 11) is 0. The zero-order chi connectivity index (χ0) is 35.6. The second-order valence-corrected chi connectivity index (χ2v) is 13.6. The molecule has 0 saturated heterocycles. The maximum atomic E-state index is 6.49. The molecular formula is C49H30N4O. The van der Waals surface area contributed by atoms with E-state index in [1.54, 1.807) is 0 Å². The van der Waals surface area contributed by atoms with Crippen LogP contribution in [0.1, 0.15) is 0 Å². The summed E-state index contributed by atoms with van der Waals surface area (Å²) in [5.74, 6) is 1.91. The second-order valence-electron chi connectivity index (χ2n) is 13.6. The van der Waals surface area contributed by atoms with Crippen LogP contribution in [0.15, 0.2) is 186 Å². The highest BCUT2D eigenvalue weighted by Crippen LogP contribution is 2.41. The van der Waals surface area contributed by atoms with E-state index in [-0.39, 0.29) is 0 Å². The van der Waals surface area contributed by atoms with Crippen molar-refractivity contribution in [2.45, 2.75) is 0 Å². The number of hydrogen-bond donors (Lipinski definition) is 0. The summed E-state index contributed by atoms with van der Waals surface area (Å²) in [5.41, 5.74) is 10.1. The van der Waals surface area contributed by atoms with Crippen molar-refractivity contribution in [3.63, 3.8) is 0 Å². The Hall–Kier alpha value is -7.37. The van der Waals surface area contributed by atoms with Crippen molar-refractivity contribution in [2.75, 3.05) is 0 Å². The van der Waals surface area contributed by atoms with Gasteiger partial charge in [-0.3, -0.25) is 0 Å². The Morgan fingerprint density at radius 3 is 1.70 bits per heavy atom. The first-order valence-electron chi connectivity index (χ1n) is 18.1. The molecule has 11 rings (SSSR count). The molecule has 0 radical (unpaired) electrons. The number of aromatic nitrogens is 4. The molecule has 0 fully saturated rings. The number of fused-ring (bicyclic) bond motifs is 7. The molecule has 0 atom stereocenters. The second kappa shape index (κ2) is 12.1. The van der Waals surface area contributed by atoms with Crippen LogP contribution in [0.3, 0.4) is 0 Å². The van der Waals surface area contributed by atoms with E-state index in [1.165, 1.54) is 10.8 Å². The summed E-state index contributed by atoms with van der Waals surface area (Å²) in [6, 6.07) is 63.3. The predicted molar refractivity (Wildman–Crippen MR) is 221 cm³/mol. The van der Waals surface area contributed by atoms with Gasteiger partial charge in [0.2, 0.25) is 0 Å². The summed E-state index contributed by atoms with van der Waals surface area (Å²) in [6.45, 7) is 0. The number of rotatable bonds is 5. The van der Waals surface area contributed by atoms with Gasteiger partial charge in [-0.1, -0.05) is 152 Å². The average Bonchev–Trinajstić information content (AvgIpc) is 3.79. The van der Waals surface area contributed by atoms with E-state index < -0.39 is 0 Å². The largest absolute Gasteiger partial charge is 0.455 e. The van der Waals surface area contributed by atoms with Crippen LogP contribution < -0.4 is 0 Å². The van der Waals surface area contributed by atoms with E-state index >= 15 is 0 Å². The van der Waals surface area contributed by atoms with Crippen molar-refractivity contribution in [3.8, 4) is 51.0 Å². The standard InChI is InChI=1S/C49H30N4O/c1-3-14-31(15-4-1)47-50-48(32-16-5-2-6-17-32)52-49(51-47)41-28-29-43(36-19-8-7-18-35(36)41)53-42-24-11-9-20-37(42)38-27-26-33(30-44(38)53)34-22-13-23-40-39-21-10-12-25-45(39)54-46(34)40/h1-30H. The normalized spacial score (nSPS) is 11.7. The average molecular weight is 691 g/mol. The lowest BCUT2D eigenvalue weighted by molar-refractivity contribution is 0.670. The van der Waals surface area contributed by atoms with Gasteiger partial charge in [-0.2, -0.15) is 0 Å². The van der Waals surface area contributed by atoms with E-state index in [4.69, 9.17) is 19.4 Å². The molecule has 0 aliphatic rings. The number of furan rings is 1. The van der Waals surface area contributed by atoms with Gasteiger partial charge in [0.1, 0.15) is 11.2 Å². The van der Waals surface area contributed by atoms with Crippen LogP contribution in [0.2, 0.25) is 0 Å². The van der Waals surface area contributed by atoms with Crippen molar-refractivity contribution in [1.29, 1.82) is 0 Å². The third-order valence-corrected chi connectivity index (χ3v) is 10.5. The molecule has 0 unspecified atom stereocenters. The zero-order valence-corrected chi connectivity index (χ0v) is 29.0. The highest BCUT2D eigenvalue weighted by atomic mass is 16.3. The van der Waals surface area contributed by atoms with Crippen LogP contribution in [-0.4, -0.2) is 19.5 Å². The Balaban J connectivity index is 1.14. The minimum atomic E-state index is 0.633. The van der Waals surface area contributed by atoms with Crippen LogP contribution in [-0.2, 0) is 0 Å². The molecule has 5 heteroatoms. The Morgan fingerprint density at radius 1 is 0.352 bits per heavy atom. The van der Waals surface area contributed by atoms with E-state index in [9.17, 15) is 0 Å². The molecule has 252 valence electrons. The van der Waals surface area contributed by atoms with Crippen molar-refractivity contribution in [2.24, 2.45) is 0 Å². The fourth-order valence-corrected chi connectivity index (χ4v) is 7.97. The molecule has 0 aliphatic carbocycles. The molecule has 3 heterocycles. The van der Waals surface area contributed by atoms with Gasteiger partial charge < -0.3 is 8.98 Å². The van der Waals surface area contributed by atoms with Crippen molar-refractivity contribution in [3.05, 3.63) is 182 Å². The first-order chi connectivity index (χ1) is 26.8. The SMILES string of the molecule is c1ccc(-c2nc(-c3ccccc3)nc(-c3ccc(-n4c5ccccc5c5ccc(-c6cccc7c6oc6ccccc67)cc54)c4ccccc34)n2)cc1. The van der Waals surface area contributed by atoms with Crippen molar-refractivity contribution >= 4 is 54.5 Å². The number of hydrogen-bond acceptors (Lipinski definition) is 4. The van der Waals surface area contributed by atoms with Crippen molar-refractivity contribution < 1.29 is 4.42 Å². The highest BCUT2D eigenvalue weighted by molar-refractivity contribution is 6.14. The molecule has 54 heavy (non-hydrogen) atoms. The minimum absolute atomic E-state index is 0.633. The van der Waals surface area contributed by atoms with Gasteiger partial charge in [-0.15, -0.1) is 0 Å². The summed E-state index contributed by atoms with van der Waals surface area (Å²) in [5, 5.41) is 6.80. The summed E-state index contributed by atoms with van der Waals surface area (Å²) >= 11 is 0. The molecule has 3 aromatic heterocycles. The third-order valence-electron chi connectivity index (χ3n) is 10.5. The van der Waals surface area contributed by atoms with Crippen LogP contribution in [0, 0.1) is 0 Å². The van der Waals surface area contributed by atoms with E-state index in [0.717, 1.165) is 77.2 Å². The minimum Gasteiger partial charge on any atom is -0.455 e. The van der Waals surface area contributed by atoms with E-state index in [2.05, 4.69) is 114 Å². The first-order valence-corrected chi connectivity index (χ1v) is 18.1. The molecule has 0 bridgehead atoms. The van der Waals surface area contributed by atoms with Gasteiger partial charge in [0.15, 0.2) is 17.5 Å². The molecule has 11 aromatic rings. The lowest BCUT2D eigenvalue weighted by Crippen LogP contribution is -2.01. The number of nitrogens with zero attached hydrogens (tertiary/aromatic N) is 4. The zero-order valence-electron chi connectivity index (χ0n) is 29.0. The van der Waals surface area contributed by atoms with Crippen LogP contribution >= 0.6 is 0 Å². The summed E-state index contributed by atoms with van der Waals surface area (Å²) in [6.07, 6.45) is 0. The first kappa shape index (κ1) is 30.3. The molecule has 0 aliphatic heterocycles. The van der Waals surface area contributed by atoms with Crippen LogP contribution in [0.4, 0.5) is 0 Å². The molecule has 8 aromatic carbocycles. The van der Waals surface area contributed by atoms with Gasteiger partial charge in [0.25, 0.3) is 0 Å². The maximum Gasteiger partial charge on any atom is 0.164 e. The Morgan fingerprint density at radius 2 is 0.944 bits per heavy atom. The Bertz CT molecular complexity index is 3160. The van der Waals surface area contributed by atoms with E-state index in [0.29, 0.717) is 17.5 Å². The smallest absolute Gasteiger partial charge is 0.164 e. The lowest BCUT2D eigenvalue weighted by Gasteiger charge is -2.15.